The van der Waals surface area contributed by atoms with Crippen molar-refractivity contribution in [1.29, 1.82) is 5.26 Å². The monoisotopic (exact) mass is 271 g/mol. The number of carbonyl (C=O) groups excluding carboxylic acids is 1. The highest BCUT2D eigenvalue weighted by atomic mass is 16.2. The molecule has 1 N–H and O–H groups in total. The number of nitrogens with one attached hydrogen (secondary N) is 1. The van der Waals surface area contributed by atoms with Gasteiger partial charge in [-0.3, -0.25) is 4.79 Å². The quantitative estimate of drug-likeness (QED) is 0.914. The summed E-state index contributed by atoms with van der Waals surface area (Å²) in [5.41, 5.74) is 0.503. The van der Waals surface area contributed by atoms with Gasteiger partial charge in [0, 0.05) is 18.8 Å². The molecule has 20 heavy (non-hydrogen) atoms. The van der Waals surface area contributed by atoms with Crippen LogP contribution in [0.5, 0.6) is 0 Å². The van der Waals surface area contributed by atoms with Crippen molar-refractivity contribution >= 4 is 11.6 Å². The topological polar surface area (TPSA) is 56.1 Å². The lowest BCUT2D eigenvalue weighted by molar-refractivity contribution is -0.128. The van der Waals surface area contributed by atoms with Crippen molar-refractivity contribution in [3.63, 3.8) is 0 Å². The predicted octanol–water partition coefficient (Wildman–Crippen LogP) is 2.32. The SMILES string of the molecule is CC1(C(=O)N(CCC#N)c2ccccc2)CCCNC1. The van der Waals surface area contributed by atoms with E-state index < -0.39 is 0 Å². The smallest absolute Gasteiger partial charge is 0.234 e. The second-order valence-corrected chi connectivity index (χ2v) is 5.54. The molecule has 1 amide bonds. The fourth-order valence-corrected chi connectivity index (χ4v) is 2.68. The van der Waals surface area contributed by atoms with Crippen molar-refractivity contribution in [2.24, 2.45) is 5.41 Å². The average molecular weight is 271 g/mol. The third-order valence-electron chi connectivity index (χ3n) is 3.87. The molecular weight excluding hydrogens is 250 g/mol. The van der Waals surface area contributed by atoms with Crippen LogP contribution in [0.15, 0.2) is 30.3 Å². The Morgan fingerprint density at radius 3 is 2.80 bits per heavy atom. The molecule has 4 heteroatoms. The van der Waals surface area contributed by atoms with Crippen LogP contribution >= 0.6 is 0 Å². The number of para-hydroxylation sites is 1. The van der Waals surface area contributed by atoms with E-state index in [4.69, 9.17) is 5.26 Å². The zero-order valence-corrected chi connectivity index (χ0v) is 11.9. The van der Waals surface area contributed by atoms with Crippen molar-refractivity contribution < 1.29 is 4.79 Å². The van der Waals surface area contributed by atoms with Gasteiger partial charge in [-0.2, -0.15) is 5.26 Å². The molecule has 1 heterocycles. The average Bonchev–Trinajstić information content (AvgIpc) is 2.49. The number of benzene rings is 1. The van der Waals surface area contributed by atoms with E-state index in [-0.39, 0.29) is 11.3 Å². The van der Waals surface area contributed by atoms with E-state index in [1.807, 2.05) is 37.3 Å². The first-order valence-corrected chi connectivity index (χ1v) is 7.12. The maximum atomic E-state index is 12.9. The number of nitrogens with zero attached hydrogens (tertiary/aromatic N) is 2. The van der Waals surface area contributed by atoms with Crippen molar-refractivity contribution in [1.82, 2.24) is 5.32 Å². The Bertz CT molecular complexity index is 486. The molecule has 1 aliphatic heterocycles. The summed E-state index contributed by atoms with van der Waals surface area (Å²) in [6.07, 6.45) is 2.27. The van der Waals surface area contributed by atoms with Crippen LogP contribution in [0.4, 0.5) is 5.69 Å². The normalized spacial score (nSPS) is 22.0. The number of carbonyl (C=O) groups is 1. The number of hydrogen-bond donors (Lipinski definition) is 1. The van der Waals surface area contributed by atoms with Gasteiger partial charge in [0.2, 0.25) is 5.91 Å². The molecule has 0 radical (unpaired) electrons. The number of anilines is 1. The Hall–Kier alpha value is -1.86. The van der Waals surface area contributed by atoms with Gasteiger partial charge in [0.05, 0.1) is 17.9 Å². The predicted molar refractivity (Wildman–Crippen MR) is 79.2 cm³/mol. The van der Waals surface area contributed by atoms with Crippen LogP contribution in [0, 0.1) is 16.7 Å². The maximum Gasteiger partial charge on any atom is 0.234 e. The number of nitriles is 1. The van der Waals surface area contributed by atoms with Crippen molar-refractivity contribution in [3.8, 4) is 6.07 Å². The molecule has 0 bridgehead atoms. The summed E-state index contributed by atoms with van der Waals surface area (Å²) in [6.45, 7) is 4.16. The Balaban J connectivity index is 2.22. The van der Waals surface area contributed by atoms with E-state index in [2.05, 4.69) is 11.4 Å². The molecule has 1 fully saturated rings. The van der Waals surface area contributed by atoms with Crippen LogP contribution in [0.25, 0.3) is 0 Å². The van der Waals surface area contributed by atoms with E-state index >= 15 is 0 Å². The van der Waals surface area contributed by atoms with Crippen LogP contribution in [0.2, 0.25) is 0 Å². The zero-order valence-electron chi connectivity index (χ0n) is 11.9. The highest BCUT2D eigenvalue weighted by Crippen LogP contribution is 2.30. The molecule has 1 aliphatic rings. The van der Waals surface area contributed by atoms with E-state index in [0.717, 1.165) is 25.1 Å². The summed E-state index contributed by atoms with van der Waals surface area (Å²) >= 11 is 0. The minimum absolute atomic E-state index is 0.117. The third-order valence-corrected chi connectivity index (χ3v) is 3.87. The summed E-state index contributed by atoms with van der Waals surface area (Å²) in [5, 5.41) is 12.1. The van der Waals surface area contributed by atoms with Gasteiger partial charge in [-0.05, 0) is 38.4 Å². The largest absolute Gasteiger partial charge is 0.316 e. The molecule has 0 spiro atoms. The first-order chi connectivity index (χ1) is 9.67. The van der Waals surface area contributed by atoms with Gasteiger partial charge in [-0.15, -0.1) is 0 Å². The molecule has 1 unspecified atom stereocenters. The first kappa shape index (κ1) is 14.5. The molecule has 0 saturated carbocycles. The fraction of sp³-hybridized carbons (Fsp3) is 0.500. The molecule has 1 atom stereocenters. The Morgan fingerprint density at radius 1 is 1.45 bits per heavy atom. The second-order valence-electron chi connectivity index (χ2n) is 5.54. The summed E-state index contributed by atoms with van der Waals surface area (Å²) in [6, 6.07) is 11.8. The van der Waals surface area contributed by atoms with Crippen LogP contribution in [-0.2, 0) is 4.79 Å². The lowest BCUT2D eigenvalue weighted by Gasteiger charge is -2.37. The summed E-state index contributed by atoms with van der Waals surface area (Å²) < 4.78 is 0. The Kier molecular flexibility index (Phi) is 4.75. The van der Waals surface area contributed by atoms with Gasteiger partial charge in [-0.1, -0.05) is 18.2 Å². The van der Waals surface area contributed by atoms with Gasteiger partial charge in [0.15, 0.2) is 0 Å². The van der Waals surface area contributed by atoms with Gasteiger partial charge in [0.25, 0.3) is 0 Å². The van der Waals surface area contributed by atoms with E-state index in [0.29, 0.717) is 19.5 Å². The molecule has 1 aromatic rings. The Labute approximate surface area is 120 Å². The summed E-state index contributed by atoms with van der Waals surface area (Å²) in [4.78, 5) is 14.7. The molecule has 1 saturated heterocycles. The van der Waals surface area contributed by atoms with Gasteiger partial charge < -0.3 is 10.2 Å². The number of piperidine rings is 1. The number of hydrogen-bond acceptors (Lipinski definition) is 3. The third kappa shape index (κ3) is 3.17. The number of rotatable bonds is 4. The van der Waals surface area contributed by atoms with Crippen LogP contribution < -0.4 is 10.2 Å². The molecule has 0 aromatic heterocycles. The molecule has 1 aromatic carbocycles. The maximum absolute atomic E-state index is 12.9. The zero-order chi connectivity index (χ0) is 14.4. The van der Waals surface area contributed by atoms with Crippen LogP contribution in [0.1, 0.15) is 26.2 Å². The lowest BCUT2D eigenvalue weighted by Crippen LogP contribution is -2.50. The van der Waals surface area contributed by atoms with Crippen molar-refractivity contribution in [2.75, 3.05) is 24.5 Å². The van der Waals surface area contributed by atoms with Gasteiger partial charge in [0.1, 0.15) is 0 Å². The Morgan fingerprint density at radius 2 is 2.20 bits per heavy atom. The molecule has 0 aliphatic carbocycles. The van der Waals surface area contributed by atoms with Crippen molar-refractivity contribution in [2.45, 2.75) is 26.2 Å². The first-order valence-electron chi connectivity index (χ1n) is 7.12. The van der Waals surface area contributed by atoms with Gasteiger partial charge >= 0.3 is 0 Å². The fourth-order valence-electron chi connectivity index (χ4n) is 2.68. The number of amides is 1. The second kappa shape index (κ2) is 6.53. The van der Waals surface area contributed by atoms with Crippen LogP contribution in [0.3, 0.4) is 0 Å². The standard InChI is InChI=1S/C16H21N3O/c1-16(9-5-11-18-13-16)15(20)19(12-6-10-17)14-7-3-2-4-8-14/h2-4,7-8,18H,5-6,9,11-13H2,1H3. The van der Waals surface area contributed by atoms with Crippen molar-refractivity contribution in [3.05, 3.63) is 30.3 Å². The molecular formula is C16H21N3O. The highest BCUT2D eigenvalue weighted by Gasteiger charge is 2.38. The minimum atomic E-state index is -0.371. The summed E-state index contributed by atoms with van der Waals surface area (Å²) in [7, 11) is 0. The highest BCUT2D eigenvalue weighted by molar-refractivity contribution is 5.97. The molecule has 106 valence electrons. The molecule has 4 nitrogen and oxygen atoms in total. The van der Waals surface area contributed by atoms with E-state index in [1.165, 1.54) is 0 Å². The lowest BCUT2D eigenvalue weighted by atomic mass is 9.81. The van der Waals surface area contributed by atoms with E-state index in [9.17, 15) is 4.79 Å². The van der Waals surface area contributed by atoms with Crippen LogP contribution in [-0.4, -0.2) is 25.5 Å². The van der Waals surface area contributed by atoms with Gasteiger partial charge in [-0.25, -0.2) is 0 Å². The van der Waals surface area contributed by atoms with E-state index in [1.54, 1.807) is 4.90 Å². The summed E-state index contributed by atoms with van der Waals surface area (Å²) in [5.74, 6) is 0.117. The minimum Gasteiger partial charge on any atom is -0.316 e. The molecule has 2 rings (SSSR count).